The number of rotatable bonds is 2. The summed E-state index contributed by atoms with van der Waals surface area (Å²) in [6.45, 7) is 4.50. The molecule has 1 saturated carbocycles. The van der Waals surface area contributed by atoms with Crippen LogP contribution in [-0.2, 0) is 0 Å². The second-order valence-corrected chi connectivity index (χ2v) is 8.03. The van der Waals surface area contributed by atoms with Crippen LogP contribution >= 0.6 is 0 Å². The van der Waals surface area contributed by atoms with Gasteiger partial charge in [-0.3, -0.25) is 9.59 Å². The summed E-state index contributed by atoms with van der Waals surface area (Å²) in [5.74, 6) is 1.06. The van der Waals surface area contributed by atoms with Crippen molar-refractivity contribution in [2.24, 2.45) is 11.8 Å². The highest BCUT2D eigenvalue weighted by atomic mass is 16.1. The minimum atomic E-state index is -0.165. The summed E-state index contributed by atoms with van der Waals surface area (Å²) in [7, 11) is 3.61. The van der Waals surface area contributed by atoms with Crippen molar-refractivity contribution < 1.29 is 0 Å². The predicted molar refractivity (Wildman–Crippen MR) is 109 cm³/mol. The molecule has 1 aliphatic rings. The fraction of sp³-hybridized carbons (Fsp3) is 0.476. The molecule has 0 unspecified atom stereocenters. The van der Waals surface area contributed by atoms with Crippen molar-refractivity contribution in [1.82, 2.24) is 14.2 Å². The molecular weight excluding hydrogens is 340 g/mol. The third kappa shape index (κ3) is 2.83. The minimum absolute atomic E-state index is 0.0486. The molecule has 0 amide bonds. The van der Waals surface area contributed by atoms with Crippen molar-refractivity contribution in [1.29, 1.82) is 0 Å². The van der Waals surface area contributed by atoms with E-state index in [1.165, 1.54) is 11.1 Å². The Labute approximate surface area is 158 Å². The molecule has 0 spiro atoms. The third-order valence-corrected chi connectivity index (χ3v) is 6.20. The zero-order valence-electron chi connectivity index (χ0n) is 16.3. The average Bonchev–Trinajstić information content (AvgIpc) is 2.64. The van der Waals surface area contributed by atoms with E-state index in [0.717, 1.165) is 12.8 Å². The van der Waals surface area contributed by atoms with Gasteiger partial charge in [0.2, 0.25) is 0 Å². The molecule has 6 nitrogen and oxygen atoms in total. The molecule has 1 aliphatic carbocycles. The lowest BCUT2D eigenvalue weighted by Crippen LogP contribution is -2.35. The van der Waals surface area contributed by atoms with Crippen molar-refractivity contribution in [2.45, 2.75) is 39.2 Å². The summed E-state index contributed by atoms with van der Waals surface area (Å²) in [6, 6.07) is 5.64. The fourth-order valence-electron chi connectivity index (χ4n) is 4.35. The lowest BCUT2D eigenvalue weighted by molar-refractivity contribution is 0.183. The molecule has 1 fully saturated rings. The van der Waals surface area contributed by atoms with E-state index < -0.39 is 0 Å². The Morgan fingerprint density at radius 1 is 1.00 bits per heavy atom. The molecule has 6 heteroatoms. The Kier molecular flexibility index (Phi) is 4.29. The zero-order chi connectivity index (χ0) is 19.3. The first-order valence-corrected chi connectivity index (χ1v) is 9.63. The van der Waals surface area contributed by atoms with E-state index >= 15 is 0 Å². The average molecular weight is 366 g/mol. The van der Waals surface area contributed by atoms with Crippen LogP contribution in [0.4, 0.5) is 0 Å². The van der Waals surface area contributed by atoms with Gasteiger partial charge in [0.25, 0.3) is 11.1 Å². The summed E-state index contributed by atoms with van der Waals surface area (Å²) < 4.78 is 3.38. The summed E-state index contributed by atoms with van der Waals surface area (Å²) in [4.78, 5) is 30.6. The van der Waals surface area contributed by atoms with E-state index in [2.05, 4.69) is 18.8 Å². The van der Waals surface area contributed by atoms with E-state index in [-0.39, 0.29) is 17.2 Å². The SMILES string of the molecule is C[C@H]1[C@H](C)CCC[C@@H]1n1ccc2nc3ccn(N(C)C)c(=O)c3cc2c1=O. The van der Waals surface area contributed by atoms with E-state index in [9.17, 15) is 9.59 Å². The van der Waals surface area contributed by atoms with Crippen LogP contribution in [0.25, 0.3) is 21.8 Å². The molecule has 0 N–H and O–H groups in total. The molecule has 27 heavy (non-hydrogen) atoms. The highest BCUT2D eigenvalue weighted by Gasteiger charge is 2.29. The normalized spacial score (nSPS) is 23.0. The number of fused-ring (bicyclic) bond motifs is 2. The van der Waals surface area contributed by atoms with Gasteiger partial charge in [0.1, 0.15) is 0 Å². The summed E-state index contributed by atoms with van der Waals surface area (Å²) in [5.41, 5.74) is 1.04. The van der Waals surface area contributed by atoms with Gasteiger partial charge >= 0.3 is 0 Å². The van der Waals surface area contributed by atoms with Gasteiger partial charge < -0.3 is 9.58 Å². The van der Waals surface area contributed by atoms with Gasteiger partial charge in [-0.15, -0.1) is 0 Å². The molecule has 142 valence electrons. The van der Waals surface area contributed by atoms with Gasteiger partial charge in [0.15, 0.2) is 0 Å². The Balaban J connectivity index is 1.94. The molecule has 0 saturated heterocycles. The largest absolute Gasteiger partial charge is 0.316 e. The molecule has 3 aromatic heterocycles. The van der Waals surface area contributed by atoms with Gasteiger partial charge in [-0.1, -0.05) is 26.7 Å². The summed E-state index contributed by atoms with van der Waals surface area (Å²) >= 11 is 0. The van der Waals surface area contributed by atoms with Crippen molar-refractivity contribution in [2.75, 3.05) is 19.1 Å². The maximum absolute atomic E-state index is 13.3. The zero-order valence-corrected chi connectivity index (χ0v) is 16.3. The fourth-order valence-corrected chi connectivity index (χ4v) is 4.35. The molecule has 3 aromatic rings. The Morgan fingerprint density at radius 2 is 1.67 bits per heavy atom. The Morgan fingerprint density at radius 3 is 2.37 bits per heavy atom. The molecule has 4 rings (SSSR count). The predicted octanol–water partition coefficient (Wildman–Crippen LogP) is 2.91. The number of aromatic nitrogens is 3. The number of hydrogen-bond acceptors (Lipinski definition) is 4. The highest BCUT2D eigenvalue weighted by molar-refractivity contribution is 5.91. The molecule has 0 aliphatic heterocycles. The number of pyridine rings is 3. The number of hydrogen-bond donors (Lipinski definition) is 0. The van der Waals surface area contributed by atoms with Crippen molar-refractivity contribution in [3.8, 4) is 0 Å². The Hall–Kier alpha value is -2.63. The maximum atomic E-state index is 13.3. The molecular formula is C21H26N4O2. The van der Waals surface area contributed by atoms with Crippen LogP contribution in [-0.4, -0.2) is 28.3 Å². The lowest BCUT2D eigenvalue weighted by atomic mass is 9.78. The first-order chi connectivity index (χ1) is 12.9. The van der Waals surface area contributed by atoms with E-state index in [4.69, 9.17) is 0 Å². The monoisotopic (exact) mass is 366 g/mol. The standard InChI is InChI=1S/C21H26N4O2/c1-13-6-5-7-19(14(13)2)24-10-8-17-15(20(24)26)12-16-18(22-17)9-11-25(21(16)27)23(3)4/h8-14,19H,5-7H2,1-4H3/t13-,14+,19+/m1/s1. The van der Waals surface area contributed by atoms with Crippen molar-refractivity contribution in [3.63, 3.8) is 0 Å². The topological polar surface area (TPSA) is 60.1 Å². The van der Waals surface area contributed by atoms with Crippen LogP contribution < -0.4 is 16.1 Å². The number of nitrogens with zero attached hydrogens (tertiary/aromatic N) is 4. The summed E-state index contributed by atoms with van der Waals surface area (Å²) in [6.07, 6.45) is 6.96. The first kappa shape index (κ1) is 17.8. The molecule has 0 bridgehead atoms. The van der Waals surface area contributed by atoms with Gasteiger partial charge in [-0.2, -0.15) is 0 Å². The van der Waals surface area contributed by atoms with Crippen LogP contribution in [0, 0.1) is 11.8 Å². The second-order valence-electron chi connectivity index (χ2n) is 8.03. The van der Waals surface area contributed by atoms with E-state index in [0.29, 0.717) is 33.6 Å². The minimum Gasteiger partial charge on any atom is -0.316 e. The van der Waals surface area contributed by atoms with Crippen LogP contribution in [0.5, 0.6) is 0 Å². The van der Waals surface area contributed by atoms with Gasteiger partial charge in [0.05, 0.1) is 21.8 Å². The van der Waals surface area contributed by atoms with Gasteiger partial charge in [-0.25, -0.2) is 9.66 Å². The first-order valence-electron chi connectivity index (χ1n) is 9.63. The molecule has 0 aromatic carbocycles. The van der Waals surface area contributed by atoms with E-state index in [1.54, 1.807) is 31.4 Å². The van der Waals surface area contributed by atoms with Crippen molar-refractivity contribution in [3.05, 3.63) is 51.3 Å². The van der Waals surface area contributed by atoms with Crippen LogP contribution in [0.1, 0.15) is 39.2 Å². The lowest BCUT2D eigenvalue weighted by Gasteiger charge is -2.35. The Bertz CT molecular complexity index is 1130. The maximum Gasteiger partial charge on any atom is 0.278 e. The van der Waals surface area contributed by atoms with Gasteiger partial charge in [0, 0.05) is 32.5 Å². The van der Waals surface area contributed by atoms with Crippen LogP contribution in [0.2, 0.25) is 0 Å². The summed E-state index contributed by atoms with van der Waals surface area (Å²) in [5, 5.41) is 2.70. The molecule has 3 atom stereocenters. The van der Waals surface area contributed by atoms with Crippen molar-refractivity contribution >= 4 is 21.8 Å². The van der Waals surface area contributed by atoms with Crippen LogP contribution in [0.3, 0.4) is 0 Å². The molecule has 0 radical (unpaired) electrons. The van der Waals surface area contributed by atoms with Gasteiger partial charge in [-0.05, 0) is 36.5 Å². The highest BCUT2D eigenvalue weighted by Crippen LogP contribution is 2.37. The second kappa shape index (κ2) is 6.51. The third-order valence-electron chi connectivity index (χ3n) is 6.20. The smallest absolute Gasteiger partial charge is 0.278 e. The van der Waals surface area contributed by atoms with E-state index in [1.807, 2.05) is 22.9 Å². The quantitative estimate of drug-likeness (QED) is 0.655. The molecule has 3 heterocycles. The van der Waals surface area contributed by atoms with Crippen LogP contribution in [0.15, 0.2) is 40.2 Å².